The van der Waals surface area contributed by atoms with Gasteiger partial charge in [-0.05, 0) is 68.2 Å². The molecule has 1 aromatic rings. The molecule has 9 heteroatoms. The lowest BCUT2D eigenvalue weighted by Gasteiger charge is -2.59. The molecule has 0 aliphatic heterocycles. The van der Waals surface area contributed by atoms with E-state index in [0.29, 0.717) is 12.1 Å². The highest BCUT2D eigenvalue weighted by atomic mass is 16.5. The number of hydrogen-bond donors (Lipinski definition) is 3. The molecule has 9 nitrogen and oxygen atoms in total. The Morgan fingerprint density at radius 1 is 1.18 bits per heavy atom. The van der Waals surface area contributed by atoms with Crippen LogP contribution in [0.2, 0.25) is 0 Å². The van der Waals surface area contributed by atoms with E-state index in [1.54, 1.807) is 30.5 Å². The van der Waals surface area contributed by atoms with E-state index < -0.39 is 40.9 Å². The SMILES string of the molecule is C[C@]12C=CC(=O)C=C1CC[C@@H]1[C@@H]2[C@H](O)C[C@@]2(C)[C@H]1CC[C@]2(O)C(=O)COC(=O)CCC(=O)NCc1ccccn1. The van der Waals surface area contributed by atoms with Gasteiger partial charge in [0.1, 0.15) is 5.60 Å². The summed E-state index contributed by atoms with van der Waals surface area (Å²) in [5, 5.41) is 25.9. The summed E-state index contributed by atoms with van der Waals surface area (Å²) < 4.78 is 5.20. The van der Waals surface area contributed by atoms with Gasteiger partial charge in [0.25, 0.3) is 0 Å². The van der Waals surface area contributed by atoms with Gasteiger partial charge >= 0.3 is 5.97 Å². The van der Waals surface area contributed by atoms with Crippen LogP contribution >= 0.6 is 0 Å². The van der Waals surface area contributed by atoms with Gasteiger partial charge in [0, 0.05) is 29.4 Å². The number of esters is 1. The van der Waals surface area contributed by atoms with E-state index in [1.165, 1.54) is 0 Å². The molecule has 1 amide bonds. The highest BCUT2D eigenvalue weighted by Gasteiger charge is 2.68. The van der Waals surface area contributed by atoms with Gasteiger partial charge in [-0.25, -0.2) is 0 Å². The Morgan fingerprint density at radius 2 is 1.98 bits per heavy atom. The lowest BCUT2D eigenvalue weighted by Crippen LogP contribution is -2.61. The van der Waals surface area contributed by atoms with Gasteiger partial charge in [0.15, 0.2) is 12.4 Å². The zero-order chi connectivity index (χ0) is 28.7. The minimum atomic E-state index is -1.72. The Hall–Kier alpha value is -3.17. The van der Waals surface area contributed by atoms with Gasteiger partial charge in [0.2, 0.25) is 11.7 Å². The normalized spacial score (nSPS) is 36.1. The number of carbonyl (C=O) groups is 4. The summed E-state index contributed by atoms with van der Waals surface area (Å²) in [6.45, 7) is 3.63. The molecule has 40 heavy (non-hydrogen) atoms. The second kappa shape index (κ2) is 10.7. The van der Waals surface area contributed by atoms with Crippen molar-refractivity contribution < 1.29 is 34.1 Å². The molecule has 7 atom stereocenters. The first kappa shape index (κ1) is 28.4. The second-order valence-electron chi connectivity index (χ2n) is 12.3. The summed E-state index contributed by atoms with van der Waals surface area (Å²) in [6.07, 6.45) is 8.45. The minimum Gasteiger partial charge on any atom is -0.458 e. The Morgan fingerprint density at radius 3 is 2.73 bits per heavy atom. The van der Waals surface area contributed by atoms with Crippen LogP contribution in [-0.4, -0.2) is 57.0 Å². The van der Waals surface area contributed by atoms with E-state index in [9.17, 15) is 29.4 Å². The fourth-order valence-corrected chi connectivity index (χ4v) is 8.12. The fraction of sp³-hybridized carbons (Fsp3) is 0.581. The molecule has 4 aliphatic rings. The predicted molar refractivity (Wildman–Crippen MR) is 144 cm³/mol. The topological polar surface area (TPSA) is 143 Å². The van der Waals surface area contributed by atoms with Crippen molar-refractivity contribution in [2.75, 3.05) is 6.61 Å². The smallest absolute Gasteiger partial charge is 0.306 e. The molecule has 4 aliphatic carbocycles. The third-order valence-electron chi connectivity index (χ3n) is 10.2. The third kappa shape index (κ3) is 4.83. The lowest BCUT2D eigenvalue weighted by atomic mass is 9.46. The van der Waals surface area contributed by atoms with Crippen LogP contribution in [0.4, 0.5) is 0 Å². The van der Waals surface area contributed by atoms with Gasteiger partial charge in [-0.1, -0.05) is 31.6 Å². The van der Waals surface area contributed by atoms with Gasteiger partial charge in [-0.2, -0.15) is 0 Å². The van der Waals surface area contributed by atoms with E-state index in [4.69, 9.17) is 4.74 Å². The largest absolute Gasteiger partial charge is 0.458 e. The number of rotatable bonds is 8. The number of pyridine rings is 1. The van der Waals surface area contributed by atoms with Crippen LogP contribution in [0, 0.1) is 28.6 Å². The Balaban J connectivity index is 1.18. The molecular weight excluding hydrogens is 512 g/mol. The number of aliphatic hydroxyl groups excluding tert-OH is 1. The van der Waals surface area contributed by atoms with Crippen LogP contribution in [0.3, 0.4) is 0 Å². The number of Topliss-reactive ketones (excluding diaryl/α,β-unsaturated/α-hetero) is 1. The number of nitrogens with one attached hydrogen (secondary N) is 1. The maximum atomic E-state index is 13.4. The van der Waals surface area contributed by atoms with E-state index >= 15 is 0 Å². The molecule has 5 rings (SSSR count). The first-order valence-electron chi connectivity index (χ1n) is 14.2. The summed E-state index contributed by atoms with van der Waals surface area (Å²) in [5.74, 6) is -1.62. The van der Waals surface area contributed by atoms with E-state index in [0.717, 1.165) is 18.4 Å². The van der Waals surface area contributed by atoms with Crippen molar-refractivity contribution in [1.82, 2.24) is 10.3 Å². The molecule has 0 saturated heterocycles. The zero-order valence-electron chi connectivity index (χ0n) is 23.1. The quantitative estimate of drug-likeness (QED) is 0.419. The Labute approximate surface area is 234 Å². The molecule has 3 fully saturated rings. The molecule has 0 unspecified atom stereocenters. The zero-order valence-corrected chi connectivity index (χ0v) is 23.1. The van der Waals surface area contributed by atoms with Crippen LogP contribution in [0.25, 0.3) is 0 Å². The van der Waals surface area contributed by atoms with E-state index in [-0.39, 0.29) is 61.7 Å². The first-order chi connectivity index (χ1) is 19.0. The average molecular weight is 551 g/mol. The van der Waals surface area contributed by atoms with E-state index in [2.05, 4.69) is 17.2 Å². The number of ketones is 2. The Bertz CT molecular complexity index is 1260. The summed E-state index contributed by atoms with van der Waals surface area (Å²) in [6, 6.07) is 5.37. The number of aromatic nitrogens is 1. The summed E-state index contributed by atoms with van der Waals surface area (Å²) in [5.41, 5.74) is -1.27. The summed E-state index contributed by atoms with van der Waals surface area (Å²) >= 11 is 0. The first-order valence-corrected chi connectivity index (χ1v) is 14.2. The molecule has 1 aromatic heterocycles. The number of fused-ring (bicyclic) bond motifs is 5. The number of hydrogen-bond acceptors (Lipinski definition) is 8. The maximum absolute atomic E-state index is 13.4. The Kier molecular flexibility index (Phi) is 7.56. The monoisotopic (exact) mass is 550 g/mol. The van der Waals surface area contributed by atoms with Crippen LogP contribution < -0.4 is 5.32 Å². The molecule has 3 saturated carbocycles. The highest BCUT2D eigenvalue weighted by Crippen LogP contribution is 2.67. The molecule has 0 spiro atoms. The molecule has 0 aromatic carbocycles. The molecule has 3 N–H and O–H groups in total. The third-order valence-corrected chi connectivity index (χ3v) is 10.2. The average Bonchev–Trinajstić information content (AvgIpc) is 3.20. The number of nitrogens with zero attached hydrogens (tertiary/aromatic N) is 1. The van der Waals surface area contributed by atoms with Gasteiger partial charge in [-0.15, -0.1) is 0 Å². The van der Waals surface area contributed by atoms with Crippen LogP contribution in [0.5, 0.6) is 0 Å². The highest BCUT2D eigenvalue weighted by molar-refractivity contribution is 6.01. The minimum absolute atomic E-state index is 0.0118. The van der Waals surface area contributed by atoms with Crippen molar-refractivity contribution in [3.8, 4) is 0 Å². The molecular formula is C31H38N2O7. The van der Waals surface area contributed by atoms with Gasteiger partial charge in [-0.3, -0.25) is 24.2 Å². The number of carbonyl (C=O) groups excluding carboxylic acids is 4. The second-order valence-corrected chi connectivity index (χ2v) is 12.3. The van der Waals surface area contributed by atoms with Gasteiger partial charge in [0.05, 0.1) is 24.8 Å². The van der Waals surface area contributed by atoms with Gasteiger partial charge < -0.3 is 20.3 Å². The molecule has 0 radical (unpaired) electrons. The fourth-order valence-electron chi connectivity index (χ4n) is 8.12. The van der Waals surface area contributed by atoms with Crippen molar-refractivity contribution >= 4 is 23.4 Å². The molecule has 214 valence electrons. The van der Waals surface area contributed by atoms with Crippen molar-refractivity contribution in [2.24, 2.45) is 28.6 Å². The lowest BCUT2D eigenvalue weighted by molar-refractivity contribution is -0.181. The van der Waals surface area contributed by atoms with Crippen LogP contribution in [0.1, 0.15) is 64.5 Å². The van der Waals surface area contributed by atoms with Crippen LogP contribution in [-0.2, 0) is 30.5 Å². The van der Waals surface area contributed by atoms with Crippen molar-refractivity contribution in [2.45, 2.75) is 77.0 Å². The maximum Gasteiger partial charge on any atom is 0.306 e. The predicted octanol–water partition coefficient (Wildman–Crippen LogP) is 2.60. The number of amides is 1. The van der Waals surface area contributed by atoms with E-state index in [1.807, 2.05) is 19.1 Å². The summed E-state index contributed by atoms with van der Waals surface area (Å²) in [7, 11) is 0. The standard InChI is InChI=1S/C31H38N2O7/c1-29-12-10-21(34)15-19(29)6-7-22-23-11-13-31(39,30(23,2)16-24(35)28(22)29)25(36)18-40-27(38)9-8-26(37)33-17-20-5-3-4-14-32-20/h3-5,10,12,14-15,22-24,28,35,39H,6-9,11,13,16-18H2,1-2H3,(H,33,37)/t22-,23-,24+,28+,29-,30-,31-/m0/s1. The van der Waals surface area contributed by atoms with Crippen LogP contribution in [0.15, 0.2) is 48.2 Å². The van der Waals surface area contributed by atoms with Crippen molar-refractivity contribution in [3.05, 3.63) is 53.9 Å². The number of aliphatic hydroxyl groups is 2. The van der Waals surface area contributed by atoms with Crippen molar-refractivity contribution in [1.29, 1.82) is 0 Å². The van der Waals surface area contributed by atoms with Crippen molar-refractivity contribution in [3.63, 3.8) is 0 Å². The number of allylic oxidation sites excluding steroid dienone is 4. The molecule has 1 heterocycles. The number of ether oxygens (including phenoxy) is 1. The summed E-state index contributed by atoms with van der Waals surface area (Å²) in [4.78, 5) is 53.9. The molecule has 0 bridgehead atoms.